The van der Waals surface area contributed by atoms with Gasteiger partial charge in [0, 0.05) is 43.1 Å². The normalized spacial score (nSPS) is 27.0. The second-order valence-electron chi connectivity index (χ2n) is 6.17. The van der Waals surface area contributed by atoms with Crippen molar-refractivity contribution in [1.29, 1.82) is 0 Å². The Morgan fingerprint density at radius 2 is 1.71 bits per heavy atom. The SMILES string of the molecule is CNC1CCN(c2ccc(N3CCOCC3)cc2)C(C)C1. The van der Waals surface area contributed by atoms with Crippen LogP contribution in [0.15, 0.2) is 24.3 Å². The van der Waals surface area contributed by atoms with E-state index in [9.17, 15) is 0 Å². The molecule has 0 amide bonds. The molecule has 2 atom stereocenters. The molecule has 2 heterocycles. The number of anilines is 2. The molecule has 21 heavy (non-hydrogen) atoms. The second kappa shape index (κ2) is 6.67. The number of benzene rings is 1. The van der Waals surface area contributed by atoms with Crippen molar-refractivity contribution >= 4 is 11.4 Å². The van der Waals surface area contributed by atoms with Gasteiger partial charge in [0.25, 0.3) is 0 Å². The highest BCUT2D eigenvalue weighted by atomic mass is 16.5. The van der Waals surface area contributed by atoms with Crippen molar-refractivity contribution in [2.75, 3.05) is 49.7 Å². The zero-order chi connectivity index (χ0) is 14.7. The summed E-state index contributed by atoms with van der Waals surface area (Å²) in [5, 5.41) is 3.41. The zero-order valence-corrected chi connectivity index (χ0v) is 13.2. The van der Waals surface area contributed by atoms with Crippen LogP contribution in [0.25, 0.3) is 0 Å². The number of piperidine rings is 1. The van der Waals surface area contributed by atoms with Crippen LogP contribution in [0.1, 0.15) is 19.8 Å². The smallest absolute Gasteiger partial charge is 0.0642 e. The van der Waals surface area contributed by atoms with E-state index in [-0.39, 0.29) is 0 Å². The molecule has 0 spiro atoms. The average Bonchev–Trinajstić information content (AvgIpc) is 2.56. The largest absolute Gasteiger partial charge is 0.378 e. The number of morpholine rings is 1. The summed E-state index contributed by atoms with van der Waals surface area (Å²) in [5.41, 5.74) is 2.67. The molecule has 2 saturated heterocycles. The third kappa shape index (κ3) is 3.33. The number of rotatable bonds is 3. The molecule has 2 unspecified atom stereocenters. The molecule has 1 N–H and O–H groups in total. The summed E-state index contributed by atoms with van der Waals surface area (Å²) in [4.78, 5) is 4.95. The first-order valence-electron chi connectivity index (χ1n) is 8.14. The maximum Gasteiger partial charge on any atom is 0.0642 e. The van der Waals surface area contributed by atoms with Crippen molar-refractivity contribution in [3.05, 3.63) is 24.3 Å². The third-order valence-electron chi connectivity index (χ3n) is 4.84. The van der Waals surface area contributed by atoms with Gasteiger partial charge in [-0.25, -0.2) is 0 Å². The molecule has 4 nitrogen and oxygen atoms in total. The van der Waals surface area contributed by atoms with Gasteiger partial charge in [0.2, 0.25) is 0 Å². The van der Waals surface area contributed by atoms with E-state index < -0.39 is 0 Å². The van der Waals surface area contributed by atoms with E-state index >= 15 is 0 Å². The highest BCUT2D eigenvalue weighted by Crippen LogP contribution is 2.27. The van der Waals surface area contributed by atoms with Crippen LogP contribution >= 0.6 is 0 Å². The van der Waals surface area contributed by atoms with Gasteiger partial charge in [0.1, 0.15) is 0 Å². The molecule has 0 radical (unpaired) electrons. The van der Waals surface area contributed by atoms with Crippen molar-refractivity contribution in [2.24, 2.45) is 0 Å². The zero-order valence-electron chi connectivity index (χ0n) is 13.2. The Bertz CT molecular complexity index is 442. The Morgan fingerprint density at radius 1 is 1.05 bits per heavy atom. The molecule has 2 aliphatic rings. The Hall–Kier alpha value is -1.26. The van der Waals surface area contributed by atoms with E-state index in [0.29, 0.717) is 12.1 Å². The quantitative estimate of drug-likeness (QED) is 0.922. The standard InChI is InChI=1S/C17H27N3O/c1-14-13-15(18-2)7-8-20(14)17-5-3-16(4-6-17)19-9-11-21-12-10-19/h3-6,14-15,18H,7-13H2,1-2H3. The molecule has 116 valence electrons. The summed E-state index contributed by atoms with van der Waals surface area (Å²) in [6.07, 6.45) is 2.45. The van der Waals surface area contributed by atoms with Gasteiger partial charge in [-0.2, -0.15) is 0 Å². The van der Waals surface area contributed by atoms with E-state index in [1.165, 1.54) is 24.2 Å². The minimum Gasteiger partial charge on any atom is -0.378 e. The van der Waals surface area contributed by atoms with Gasteiger partial charge in [-0.15, -0.1) is 0 Å². The van der Waals surface area contributed by atoms with Crippen LogP contribution in [0.5, 0.6) is 0 Å². The van der Waals surface area contributed by atoms with E-state index in [2.05, 4.69) is 53.4 Å². The predicted molar refractivity (Wildman–Crippen MR) is 88.4 cm³/mol. The lowest BCUT2D eigenvalue weighted by Gasteiger charge is -2.39. The maximum absolute atomic E-state index is 5.42. The first-order valence-corrected chi connectivity index (χ1v) is 8.14. The molecule has 4 heteroatoms. The van der Waals surface area contributed by atoms with Crippen LogP contribution in [0.2, 0.25) is 0 Å². The van der Waals surface area contributed by atoms with Crippen LogP contribution in [-0.2, 0) is 4.74 Å². The van der Waals surface area contributed by atoms with Crippen molar-refractivity contribution in [2.45, 2.75) is 31.8 Å². The molecule has 1 aromatic rings. The molecule has 2 aliphatic heterocycles. The molecular formula is C17H27N3O. The third-order valence-corrected chi connectivity index (χ3v) is 4.84. The summed E-state index contributed by atoms with van der Waals surface area (Å²) < 4.78 is 5.42. The average molecular weight is 289 g/mol. The minimum atomic E-state index is 0.602. The van der Waals surface area contributed by atoms with E-state index in [4.69, 9.17) is 4.74 Å². The van der Waals surface area contributed by atoms with Crippen molar-refractivity contribution in [3.8, 4) is 0 Å². The minimum absolute atomic E-state index is 0.602. The highest BCUT2D eigenvalue weighted by molar-refractivity contribution is 5.57. The number of nitrogens with one attached hydrogen (secondary N) is 1. The lowest BCUT2D eigenvalue weighted by molar-refractivity contribution is 0.122. The second-order valence-corrected chi connectivity index (χ2v) is 6.17. The molecule has 0 aromatic heterocycles. The van der Waals surface area contributed by atoms with Gasteiger partial charge < -0.3 is 19.9 Å². The van der Waals surface area contributed by atoms with Crippen molar-refractivity contribution in [3.63, 3.8) is 0 Å². The van der Waals surface area contributed by atoms with Crippen LogP contribution in [-0.4, -0.2) is 52.0 Å². The fraction of sp³-hybridized carbons (Fsp3) is 0.647. The summed E-state index contributed by atoms with van der Waals surface area (Å²) in [7, 11) is 2.07. The lowest BCUT2D eigenvalue weighted by atomic mass is 9.97. The van der Waals surface area contributed by atoms with Crippen LogP contribution in [0.3, 0.4) is 0 Å². The summed E-state index contributed by atoms with van der Waals surface area (Å²) in [6.45, 7) is 7.17. The number of ether oxygens (including phenoxy) is 1. The van der Waals surface area contributed by atoms with Gasteiger partial charge in [-0.1, -0.05) is 0 Å². The fourth-order valence-corrected chi connectivity index (χ4v) is 3.49. The van der Waals surface area contributed by atoms with E-state index in [1.54, 1.807) is 0 Å². The van der Waals surface area contributed by atoms with Gasteiger partial charge in [0.15, 0.2) is 0 Å². The monoisotopic (exact) mass is 289 g/mol. The lowest BCUT2D eigenvalue weighted by Crippen LogP contribution is -2.46. The Morgan fingerprint density at radius 3 is 2.33 bits per heavy atom. The summed E-state index contributed by atoms with van der Waals surface area (Å²) in [6, 6.07) is 10.4. The number of hydrogen-bond acceptors (Lipinski definition) is 4. The van der Waals surface area contributed by atoms with E-state index in [1.807, 2.05) is 0 Å². The predicted octanol–water partition coefficient (Wildman–Crippen LogP) is 2.10. The van der Waals surface area contributed by atoms with Gasteiger partial charge in [-0.3, -0.25) is 0 Å². The van der Waals surface area contributed by atoms with Gasteiger partial charge in [-0.05, 0) is 51.1 Å². The topological polar surface area (TPSA) is 27.7 Å². The van der Waals surface area contributed by atoms with Crippen LogP contribution < -0.4 is 15.1 Å². The first-order chi connectivity index (χ1) is 10.3. The molecule has 0 saturated carbocycles. The Labute approximate surface area is 128 Å². The van der Waals surface area contributed by atoms with Crippen LogP contribution in [0, 0.1) is 0 Å². The molecule has 1 aromatic carbocycles. The summed E-state index contributed by atoms with van der Waals surface area (Å²) in [5.74, 6) is 0. The first kappa shape index (κ1) is 14.7. The van der Waals surface area contributed by atoms with Crippen molar-refractivity contribution in [1.82, 2.24) is 5.32 Å². The van der Waals surface area contributed by atoms with E-state index in [0.717, 1.165) is 32.8 Å². The Balaban J connectivity index is 1.66. The van der Waals surface area contributed by atoms with Crippen LogP contribution in [0.4, 0.5) is 11.4 Å². The molecule has 2 fully saturated rings. The fourth-order valence-electron chi connectivity index (χ4n) is 3.49. The molecule has 3 rings (SSSR count). The molecular weight excluding hydrogens is 262 g/mol. The Kier molecular flexibility index (Phi) is 4.66. The van der Waals surface area contributed by atoms with Crippen molar-refractivity contribution < 1.29 is 4.74 Å². The van der Waals surface area contributed by atoms with Gasteiger partial charge in [0.05, 0.1) is 13.2 Å². The number of hydrogen-bond donors (Lipinski definition) is 1. The highest BCUT2D eigenvalue weighted by Gasteiger charge is 2.24. The molecule has 0 aliphatic carbocycles. The summed E-state index contributed by atoms with van der Waals surface area (Å²) >= 11 is 0. The maximum atomic E-state index is 5.42. The molecule has 0 bridgehead atoms. The van der Waals surface area contributed by atoms with Gasteiger partial charge >= 0.3 is 0 Å². The number of nitrogens with zero attached hydrogens (tertiary/aromatic N) is 2.